The van der Waals surface area contributed by atoms with Crippen molar-refractivity contribution in [2.45, 2.75) is 66.1 Å². The minimum Gasteiger partial charge on any atom is -0.381 e. The summed E-state index contributed by atoms with van der Waals surface area (Å²) in [5.74, 6) is 1.29. The fourth-order valence-electron chi connectivity index (χ4n) is 2.66. The van der Waals surface area contributed by atoms with Gasteiger partial charge in [-0.05, 0) is 24.7 Å². The van der Waals surface area contributed by atoms with Crippen LogP contribution in [0.3, 0.4) is 0 Å². The van der Waals surface area contributed by atoms with Crippen molar-refractivity contribution in [2.24, 2.45) is 11.8 Å². The summed E-state index contributed by atoms with van der Waals surface area (Å²) in [6.07, 6.45) is 3.08. The third-order valence-corrected chi connectivity index (χ3v) is 3.64. The number of hydrogen-bond acceptors (Lipinski definition) is 3. The van der Waals surface area contributed by atoms with Crippen molar-refractivity contribution in [1.82, 2.24) is 10.2 Å². The Morgan fingerprint density at radius 3 is 2.55 bits per heavy atom. The normalized spacial score (nSPS) is 23.4. The fourth-order valence-corrected chi connectivity index (χ4v) is 2.66. The van der Waals surface area contributed by atoms with Gasteiger partial charge in [0.05, 0.1) is 12.2 Å². The molecule has 0 spiro atoms. The molecule has 0 aromatic rings. The Hall–Kier alpha value is -0.610. The molecule has 0 aliphatic carbocycles. The van der Waals surface area contributed by atoms with E-state index in [-0.39, 0.29) is 18.1 Å². The quantitative estimate of drug-likeness (QED) is 0.662. The summed E-state index contributed by atoms with van der Waals surface area (Å²) in [4.78, 5) is 14.4. The molecule has 2 unspecified atom stereocenters. The van der Waals surface area contributed by atoms with E-state index in [4.69, 9.17) is 4.74 Å². The van der Waals surface area contributed by atoms with Crippen molar-refractivity contribution >= 4 is 5.91 Å². The van der Waals surface area contributed by atoms with Gasteiger partial charge in [-0.1, -0.05) is 41.0 Å². The van der Waals surface area contributed by atoms with Crippen LogP contribution in [0.2, 0.25) is 0 Å². The maximum Gasteiger partial charge on any atom is 0.241 e. The van der Waals surface area contributed by atoms with Crippen molar-refractivity contribution in [3.63, 3.8) is 0 Å². The highest BCUT2D eigenvalue weighted by Crippen LogP contribution is 2.20. The van der Waals surface area contributed by atoms with Crippen molar-refractivity contribution in [3.05, 3.63) is 0 Å². The van der Waals surface area contributed by atoms with Crippen LogP contribution < -0.4 is 5.32 Å². The van der Waals surface area contributed by atoms with E-state index >= 15 is 0 Å². The Bertz CT molecular complexity index is 292. The van der Waals surface area contributed by atoms with Gasteiger partial charge in [0.1, 0.15) is 0 Å². The van der Waals surface area contributed by atoms with E-state index in [0.717, 1.165) is 39.0 Å². The standard InChI is InChI=1S/C16H32N2O2/c1-6-8-14-16(19)18(15(17-14)13(4)5)9-7-10-20-11-12(2)3/h12-15,17H,6-11H2,1-5H3. The highest BCUT2D eigenvalue weighted by atomic mass is 16.5. The van der Waals surface area contributed by atoms with Crippen molar-refractivity contribution in [3.8, 4) is 0 Å². The molecule has 1 heterocycles. The Kier molecular flexibility index (Phi) is 7.52. The third-order valence-electron chi connectivity index (χ3n) is 3.64. The molecule has 0 radical (unpaired) electrons. The second-order valence-corrected chi connectivity index (χ2v) is 6.55. The van der Waals surface area contributed by atoms with Gasteiger partial charge in [-0.25, -0.2) is 0 Å². The predicted octanol–water partition coefficient (Wildman–Crippen LogP) is 2.63. The van der Waals surface area contributed by atoms with Crippen LogP contribution in [0.5, 0.6) is 0 Å². The van der Waals surface area contributed by atoms with Crippen molar-refractivity contribution in [2.75, 3.05) is 19.8 Å². The van der Waals surface area contributed by atoms with E-state index in [9.17, 15) is 4.79 Å². The summed E-state index contributed by atoms with van der Waals surface area (Å²) in [6.45, 7) is 13.1. The molecule has 0 aromatic heterocycles. The molecule has 1 amide bonds. The zero-order valence-corrected chi connectivity index (χ0v) is 13.8. The van der Waals surface area contributed by atoms with E-state index in [2.05, 4.69) is 39.9 Å². The number of carbonyl (C=O) groups is 1. The van der Waals surface area contributed by atoms with Gasteiger partial charge in [0.25, 0.3) is 0 Å². The Balaban J connectivity index is 2.41. The summed E-state index contributed by atoms with van der Waals surface area (Å²) >= 11 is 0. The lowest BCUT2D eigenvalue weighted by Gasteiger charge is -2.27. The Labute approximate surface area is 124 Å². The molecule has 118 valence electrons. The number of nitrogens with zero attached hydrogens (tertiary/aromatic N) is 1. The minimum atomic E-state index is 0.0176. The molecule has 0 saturated carbocycles. The number of nitrogens with one attached hydrogen (secondary N) is 1. The number of rotatable bonds is 9. The molecule has 0 aromatic carbocycles. The third kappa shape index (κ3) is 5.06. The van der Waals surface area contributed by atoms with Crippen molar-refractivity contribution in [1.29, 1.82) is 0 Å². The summed E-state index contributed by atoms with van der Waals surface area (Å²) < 4.78 is 5.60. The molecule has 1 aliphatic rings. The average Bonchev–Trinajstić information content (AvgIpc) is 2.67. The van der Waals surface area contributed by atoms with Crippen LogP contribution in [0.15, 0.2) is 0 Å². The molecule has 1 aliphatic heterocycles. The fraction of sp³-hybridized carbons (Fsp3) is 0.938. The molecular weight excluding hydrogens is 252 g/mol. The van der Waals surface area contributed by atoms with Crippen LogP contribution in [0.4, 0.5) is 0 Å². The first-order valence-corrected chi connectivity index (χ1v) is 8.11. The van der Waals surface area contributed by atoms with E-state index in [1.807, 2.05) is 4.90 Å². The second-order valence-electron chi connectivity index (χ2n) is 6.55. The lowest BCUT2D eigenvalue weighted by atomic mass is 10.1. The van der Waals surface area contributed by atoms with Gasteiger partial charge in [0, 0.05) is 19.8 Å². The highest BCUT2D eigenvalue weighted by Gasteiger charge is 2.38. The van der Waals surface area contributed by atoms with Gasteiger partial charge >= 0.3 is 0 Å². The molecule has 20 heavy (non-hydrogen) atoms. The Morgan fingerprint density at radius 1 is 1.30 bits per heavy atom. The van der Waals surface area contributed by atoms with Crippen LogP contribution in [0.25, 0.3) is 0 Å². The average molecular weight is 284 g/mol. The highest BCUT2D eigenvalue weighted by molar-refractivity contribution is 5.84. The molecule has 1 saturated heterocycles. The van der Waals surface area contributed by atoms with E-state index < -0.39 is 0 Å². The molecule has 2 atom stereocenters. The van der Waals surface area contributed by atoms with Crippen LogP contribution >= 0.6 is 0 Å². The van der Waals surface area contributed by atoms with Gasteiger partial charge in [-0.2, -0.15) is 0 Å². The SMILES string of the molecule is CCCC1NC(C(C)C)N(CCCOCC(C)C)C1=O. The van der Waals surface area contributed by atoms with Gasteiger partial charge in [-0.3, -0.25) is 10.1 Å². The topological polar surface area (TPSA) is 41.6 Å². The molecule has 0 bridgehead atoms. The summed E-state index contributed by atoms with van der Waals surface area (Å²) in [6, 6.07) is 0.0176. The first-order chi connectivity index (χ1) is 9.47. The molecule has 4 heteroatoms. The second kappa shape index (κ2) is 8.63. The van der Waals surface area contributed by atoms with Crippen LogP contribution in [0.1, 0.15) is 53.9 Å². The minimum absolute atomic E-state index is 0.0176. The molecule has 1 N–H and O–H groups in total. The summed E-state index contributed by atoms with van der Waals surface area (Å²) in [5.41, 5.74) is 0. The van der Waals surface area contributed by atoms with E-state index in [1.165, 1.54) is 0 Å². The Morgan fingerprint density at radius 2 is 2.00 bits per heavy atom. The smallest absolute Gasteiger partial charge is 0.241 e. The zero-order chi connectivity index (χ0) is 15.1. The maximum atomic E-state index is 12.4. The first kappa shape index (κ1) is 17.4. The number of amides is 1. The zero-order valence-electron chi connectivity index (χ0n) is 13.8. The lowest BCUT2D eigenvalue weighted by Crippen LogP contribution is -2.42. The van der Waals surface area contributed by atoms with Gasteiger partial charge in [-0.15, -0.1) is 0 Å². The van der Waals surface area contributed by atoms with Crippen LogP contribution in [0, 0.1) is 11.8 Å². The monoisotopic (exact) mass is 284 g/mol. The number of carbonyl (C=O) groups excluding carboxylic acids is 1. The van der Waals surface area contributed by atoms with Crippen LogP contribution in [-0.4, -0.2) is 42.8 Å². The molecule has 4 nitrogen and oxygen atoms in total. The number of ether oxygens (including phenoxy) is 1. The molecular formula is C16H32N2O2. The molecule has 1 fully saturated rings. The van der Waals surface area contributed by atoms with Gasteiger partial charge < -0.3 is 9.64 Å². The number of hydrogen-bond donors (Lipinski definition) is 1. The first-order valence-electron chi connectivity index (χ1n) is 8.11. The summed E-state index contributed by atoms with van der Waals surface area (Å²) in [5, 5.41) is 3.49. The van der Waals surface area contributed by atoms with E-state index in [1.54, 1.807) is 0 Å². The van der Waals surface area contributed by atoms with Gasteiger partial charge in [0.15, 0.2) is 0 Å². The maximum absolute atomic E-state index is 12.4. The largest absolute Gasteiger partial charge is 0.381 e. The lowest BCUT2D eigenvalue weighted by molar-refractivity contribution is -0.130. The molecule has 1 rings (SSSR count). The van der Waals surface area contributed by atoms with Gasteiger partial charge in [0.2, 0.25) is 5.91 Å². The van der Waals surface area contributed by atoms with Crippen LogP contribution in [-0.2, 0) is 9.53 Å². The van der Waals surface area contributed by atoms with E-state index in [0.29, 0.717) is 11.8 Å². The van der Waals surface area contributed by atoms with Crippen molar-refractivity contribution < 1.29 is 9.53 Å². The predicted molar refractivity (Wildman–Crippen MR) is 82.4 cm³/mol. The summed E-state index contributed by atoms with van der Waals surface area (Å²) in [7, 11) is 0.